The van der Waals surface area contributed by atoms with Gasteiger partial charge < -0.3 is 5.32 Å². The third-order valence-corrected chi connectivity index (χ3v) is 3.45. The van der Waals surface area contributed by atoms with Crippen LogP contribution >= 0.6 is 0 Å². The summed E-state index contributed by atoms with van der Waals surface area (Å²) in [5.41, 5.74) is 0. The highest BCUT2D eigenvalue weighted by molar-refractivity contribution is 5.92. The van der Waals surface area contributed by atoms with Crippen molar-refractivity contribution < 1.29 is 4.79 Å². The Balaban J connectivity index is 1.80. The number of hydrogen-bond donors (Lipinski definition) is 1. The van der Waals surface area contributed by atoms with Crippen LogP contribution in [0.5, 0.6) is 0 Å². The Morgan fingerprint density at radius 2 is 2.21 bits per heavy atom. The van der Waals surface area contributed by atoms with Gasteiger partial charge in [0, 0.05) is 24.4 Å². The summed E-state index contributed by atoms with van der Waals surface area (Å²) in [4.78, 5) is 24.3. The molecule has 1 fully saturated rings. The number of rotatable bonds is 3. The molecule has 1 amide bonds. The molecule has 3 rings (SSSR count). The summed E-state index contributed by atoms with van der Waals surface area (Å²) in [5.74, 6) is 2.28. The van der Waals surface area contributed by atoms with Crippen LogP contribution in [0.1, 0.15) is 25.1 Å². The molecule has 2 aromatic heterocycles. The number of anilines is 1. The van der Waals surface area contributed by atoms with Gasteiger partial charge in [0.2, 0.25) is 5.91 Å². The molecule has 0 saturated heterocycles. The lowest BCUT2D eigenvalue weighted by Crippen LogP contribution is -2.28. The van der Waals surface area contributed by atoms with Gasteiger partial charge in [-0.3, -0.25) is 9.36 Å². The van der Waals surface area contributed by atoms with E-state index < -0.39 is 0 Å². The van der Waals surface area contributed by atoms with Crippen LogP contribution in [0, 0.1) is 12.8 Å². The van der Waals surface area contributed by atoms with E-state index in [0.717, 1.165) is 25.1 Å². The summed E-state index contributed by atoms with van der Waals surface area (Å²) in [6.45, 7) is 1.90. The molecule has 2 aromatic rings. The summed E-state index contributed by atoms with van der Waals surface area (Å²) in [5, 5.41) is 2.84. The largest absolute Gasteiger partial charge is 0.310 e. The lowest BCUT2D eigenvalue weighted by Gasteiger charge is -2.23. The summed E-state index contributed by atoms with van der Waals surface area (Å²) in [7, 11) is 0. The van der Waals surface area contributed by atoms with Crippen molar-refractivity contribution in [3.05, 3.63) is 30.6 Å². The summed E-state index contributed by atoms with van der Waals surface area (Å²) in [6, 6.07) is 1.76. The SMILES string of the molecule is Cc1nccn1-c1cc(NC(=O)C2CCC2)ncn1. The molecule has 6 heteroatoms. The third kappa shape index (κ3) is 2.33. The molecule has 0 aliphatic heterocycles. The van der Waals surface area contributed by atoms with E-state index in [1.54, 1.807) is 12.3 Å². The van der Waals surface area contributed by atoms with Crippen LogP contribution in [-0.4, -0.2) is 25.4 Å². The Bertz CT molecular complexity index is 603. The van der Waals surface area contributed by atoms with Gasteiger partial charge in [-0.1, -0.05) is 6.42 Å². The zero-order valence-electron chi connectivity index (χ0n) is 10.7. The van der Waals surface area contributed by atoms with Crippen LogP contribution in [0.4, 0.5) is 5.82 Å². The van der Waals surface area contributed by atoms with Crippen LogP contribution < -0.4 is 5.32 Å². The molecular weight excluding hydrogens is 242 g/mol. The van der Waals surface area contributed by atoms with E-state index in [9.17, 15) is 4.79 Å². The average molecular weight is 257 g/mol. The highest BCUT2D eigenvalue weighted by Gasteiger charge is 2.25. The molecular formula is C13H15N5O. The molecule has 0 bridgehead atoms. The van der Waals surface area contributed by atoms with Crippen LogP contribution in [0.3, 0.4) is 0 Å². The summed E-state index contributed by atoms with van der Waals surface area (Å²) in [6.07, 6.45) is 8.08. The maximum absolute atomic E-state index is 11.9. The van der Waals surface area contributed by atoms with Crippen molar-refractivity contribution in [2.24, 2.45) is 5.92 Å². The first-order valence-corrected chi connectivity index (χ1v) is 6.37. The van der Waals surface area contributed by atoms with E-state index in [1.165, 1.54) is 6.33 Å². The molecule has 0 unspecified atom stereocenters. The van der Waals surface area contributed by atoms with Gasteiger partial charge >= 0.3 is 0 Å². The van der Waals surface area contributed by atoms with E-state index in [2.05, 4.69) is 20.3 Å². The van der Waals surface area contributed by atoms with E-state index in [1.807, 2.05) is 17.7 Å². The number of aromatic nitrogens is 4. The first-order chi connectivity index (χ1) is 9.24. The molecule has 1 aliphatic rings. The van der Waals surface area contributed by atoms with E-state index >= 15 is 0 Å². The Hall–Kier alpha value is -2.24. The number of nitrogens with one attached hydrogen (secondary N) is 1. The smallest absolute Gasteiger partial charge is 0.228 e. The van der Waals surface area contributed by atoms with Crippen molar-refractivity contribution in [3.63, 3.8) is 0 Å². The second-order valence-electron chi connectivity index (χ2n) is 4.72. The predicted molar refractivity (Wildman–Crippen MR) is 69.9 cm³/mol. The van der Waals surface area contributed by atoms with Gasteiger partial charge in [-0.25, -0.2) is 15.0 Å². The lowest BCUT2D eigenvalue weighted by molar-refractivity contribution is -0.122. The van der Waals surface area contributed by atoms with Crippen LogP contribution in [-0.2, 0) is 4.79 Å². The molecule has 0 radical (unpaired) electrons. The van der Waals surface area contributed by atoms with Crippen LogP contribution in [0.25, 0.3) is 5.82 Å². The van der Waals surface area contributed by atoms with E-state index in [0.29, 0.717) is 11.6 Å². The van der Waals surface area contributed by atoms with Crippen LogP contribution in [0.2, 0.25) is 0 Å². The zero-order chi connectivity index (χ0) is 13.2. The normalized spacial score (nSPS) is 15.0. The monoisotopic (exact) mass is 257 g/mol. The van der Waals surface area contributed by atoms with Gasteiger partial charge in [-0.05, 0) is 19.8 Å². The fourth-order valence-corrected chi connectivity index (χ4v) is 2.07. The van der Waals surface area contributed by atoms with Crippen molar-refractivity contribution in [1.29, 1.82) is 0 Å². The first kappa shape index (κ1) is 11.8. The molecule has 19 heavy (non-hydrogen) atoms. The fourth-order valence-electron chi connectivity index (χ4n) is 2.07. The molecule has 6 nitrogen and oxygen atoms in total. The Kier molecular flexibility index (Phi) is 2.98. The van der Waals surface area contributed by atoms with Crippen molar-refractivity contribution in [2.45, 2.75) is 26.2 Å². The molecule has 2 heterocycles. The second kappa shape index (κ2) is 4.79. The Morgan fingerprint density at radius 3 is 2.84 bits per heavy atom. The maximum Gasteiger partial charge on any atom is 0.228 e. The number of hydrogen-bond acceptors (Lipinski definition) is 4. The minimum absolute atomic E-state index is 0.0539. The minimum atomic E-state index is 0.0539. The fraction of sp³-hybridized carbons (Fsp3) is 0.385. The summed E-state index contributed by atoms with van der Waals surface area (Å²) >= 11 is 0. The number of amides is 1. The predicted octanol–water partition coefficient (Wildman–Crippen LogP) is 1.71. The zero-order valence-corrected chi connectivity index (χ0v) is 10.7. The molecule has 0 atom stereocenters. The number of aryl methyl sites for hydroxylation is 1. The quantitative estimate of drug-likeness (QED) is 0.908. The van der Waals surface area contributed by atoms with E-state index in [-0.39, 0.29) is 11.8 Å². The van der Waals surface area contributed by atoms with Gasteiger partial charge in [0.05, 0.1) is 0 Å². The maximum atomic E-state index is 11.9. The molecule has 1 N–H and O–H groups in total. The second-order valence-corrected chi connectivity index (χ2v) is 4.72. The highest BCUT2D eigenvalue weighted by Crippen LogP contribution is 2.27. The molecule has 1 saturated carbocycles. The van der Waals surface area contributed by atoms with Crippen LogP contribution in [0.15, 0.2) is 24.8 Å². The van der Waals surface area contributed by atoms with Gasteiger partial charge in [0.15, 0.2) is 0 Å². The van der Waals surface area contributed by atoms with E-state index in [4.69, 9.17) is 0 Å². The molecule has 0 aromatic carbocycles. The Morgan fingerprint density at radius 1 is 1.37 bits per heavy atom. The molecule has 98 valence electrons. The van der Waals surface area contributed by atoms with Gasteiger partial charge in [-0.2, -0.15) is 0 Å². The average Bonchev–Trinajstić information content (AvgIpc) is 2.73. The van der Waals surface area contributed by atoms with Crippen molar-refractivity contribution in [2.75, 3.05) is 5.32 Å². The molecule has 0 spiro atoms. The van der Waals surface area contributed by atoms with Gasteiger partial charge in [0.1, 0.15) is 23.8 Å². The van der Waals surface area contributed by atoms with Crippen molar-refractivity contribution >= 4 is 11.7 Å². The topological polar surface area (TPSA) is 72.7 Å². The van der Waals surface area contributed by atoms with Crippen molar-refractivity contribution in [1.82, 2.24) is 19.5 Å². The molecule has 1 aliphatic carbocycles. The highest BCUT2D eigenvalue weighted by atomic mass is 16.2. The third-order valence-electron chi connectivity index (χ3n) is 3.45. The number of nitrogens with zero attached hydrogens (tertiary/aromatic N) is 4. The minimum Gasteiger partial charge on any atom is -0.310 e. The van der Waals surface area contributed by atoms with Crippen molar-refractivity contribution in [3.8, 4) is 5.82 Å². The first-order valence-electron chi connectivity index (χ1n) is 6.37. The Labute approximate surface area is 110 Å². The number of carbonyl (C=O) groups excluding carboxylic acids is 1. The standard InChI is InChI=1S/C13H15N5O/c1-9-14-5-6-18(9)12-7-11(15-8-16-12)17-13(19)10-3-2-4-10/h5-8,10H,2-4H2,1H3,(H,15,16,17,19). The number of carbonyl (C=O) groups is 1. The lowest BCUT2D eigenvalue weighted by atomic mass is 9.85. The van der Waals surface area contributed by atoms with Gasteiger partial charge in [-0.15, -0.1) is 0 Å². The van der Waals surface area contributed by atoms with Gasteiger partial charge in [0.25, 0.3) is 0 Å². The summed E-state index contributed by atoms with van der Waals surface area (Å²) < 4.78 is 1.85. The number of imidazole rings is 1.